The second-order valence-corrected chi connectivity index (χ2v) is 3.86. The van der Waals surface area contributed by atoms with Crippen molar-refractivity contribution >= 4 is 6.21 Å². The highest BCUT2D eigenvalue weighted by Crippen LogP contribution is 2.33. The molecule has 0 saturated heterocycles. The van der Waals surface area contributed by atoms with Gasteiger partial charge < -0.3 is 5.11 Å². The van der Waals surface area contributed by atoms with Crippen LogP contribution in [0.15, 0.2) is 29.4 Å². The SMILES string of the molecule is C[C@H](O)C1CC=CC2C=CN=CC21. The number of hydrogen-bond acceptors (Lipinski definition) is 2. The van der Waals surface area contributed by atoms with Crippen molar-refractivity contribution in [1.82, 2.24) is 0 Å². The molecule has 1 heterocycles. The molecular weight excluding hydrogens is 162 g/mol. The smallest absolute Gasteiger partial charge is 0.0549 e. The Bertz CT molecular complexity index is 265. The van der Waals surface area contributed by atoms with Crippen molar-refractivity contribution in [1.29, 1.82) is 0 Å². The van der Waals surface area contributed by atoms with Crippen molar-refractivity contribution in [3.05, 3.63) is 24.4 Å². The molecule has 0 spiro atoms. The van der Waals surface area contributed by atoms with E-state index < -0.39 is 0 Å². The van der Waals surface area contributed by atoms with Gasteiger partial charge in [0.1, 0.15) is 0 Å². The van der Waals surface area contributed by atoms with Crippen LogP contribution in [0.25, 0.3) is 0 Å². The zero-order chi connectivity index (χ0) is 9.26. The topological polar surface area (TPSA) is 32.6 Å². The number of aliphatic imine (C=N–C) groups is 1. The van der Waals surface area contributed by atoms with Crippen LogP contribution in [0.1, 0.15) is 13.3 Å². The van der Waals surface area contributed by atoms with E-state index in [0.29, 0.717) is 17.8 Å². The van der Waals surface area contributed by atoms with E-state index in [1.165, 1.54) is 0 Å². The first-order valence-corrected chi connectivity index (χ1v) is 4.84. The van der Waals surface area contributed by atoms with Crippen LogP contribution in [0.4, 0.5) is 0 Å². The average molecular weight is 177 g/mol. The Morgan fingerprint density at radius 1 is 1.46 bits per heavy atom. The highest BCUT2D eigenvalue weighted by molar-refractivity contribution is 5.65. The summed E-state index contributed by atoms with van der Waals surface area (Å²) in [6.07, 6.45) is 11.0. The monoisotopic (exact) mass is 177 g/mol. The average Bonchev–Trinajstić information content (AvgIpc) is 2.17. The van der Waals surface area contributed by atoms with Crippen molar-refractivity contribution in [3.8, 4) is 0 Å². The number of allylic oxidation sites excluding steroid dienone is 3. The first kappa shape index (κ1) is 8.70. The fraction of sp³-hybridized carbons (Fsp3) is 0.545. The molecule has 3 unspecified atom stereocenters. The molecule has 1 aliphatic carbocycles. The van der Waals surface area contributed by atoms with Crippen LogP contribution in [0, 0.1) is 17.8 Å². The summed E-state index contributed by atoms with van der Waals surface area (Å²) in [5.41, 5.74) is 0. The second-order valence-electron chi connectivity index (χ2n) is 3.86. The first-order valence-electron chi connectivity index (χ1n) is 4.84. The fourth-order valence-electron chi connectivity index (χ4n) is 2.18. The summed E-state index contributed by atoms with van der Waals surface area (Å²) in [5, 5.41) is 9.60. The molecular formula is C11H15NO. The molecule has 2 nitrogen and oxygen atoms in total. The summed E-state index contributed by atoms with van der Waals surface area (Å²) < 4.78 is 0. The van der Waals surface area contributed by atoms with Gasteiger partial charge in [0.25, 0.3) is 0 Å². The minimum atomic E-state index is -0.240. The Morgan fingerprint density at radius 3 is 3.08 bits per heavy atom. The van der Waals surface area contributed by atoms with Crippen LogP contribution < -0.4 is 0 Å². The van der Waals surface area contributed by atoms with E-state index in [2.05, 4.69) is 23.2 Å². The standard InChI is InChI=1S/C11H15NO/c1-8(13)10-4-2-3-9-5-6-12-7-11(9)10/h2-3,5-11,13H,4H2,1H3/t8-,9?,10?,11?/m0/s1. The quantitative estimate of drug-likeness (QED) is 0.608. The van der Waals surface area contributed by atoms with E-state index in [1.54, 1.807) is 0 Å². The predicted octanol–water partition coefficient (Wildman–Crippen LogP) is 1.77. The summed E-state index contributed by atoms with van der Waals surface area (Å²) in [7, 11) is 0. The maximum atomic E-state index is 9.60. The van der Waals surface area contributed by atoms with Gasteiger partial charge in [0.15, 0.2) is 0 Å². The van der Waals surface area contributed by atoms with Crippen LogP contribution >= 0.6 is 0 Å². The number of rotatable bonds is 1. The zero-order valence-corrected chi connectivity index (χ0v) is 7.80. The molecule has 2 aliphatic rings. The Hall–Kier alpha value is -0.890. The van der Waals surface area contributed by atoms with Crippen molar-refractivity contribution in [2.45, 2.75) is 19.4 Å². The summed E-state index contributed by atoms with van der Waals surface area (Å²) in [4.78, 5) is 4.14. The molecule has 2 heteroatoms. The van der Waals surface area contributed by atoms with Gasteiger partial charge >= 0.3 is 0 Å². The molecule has 0 aromatic carbocycles. The minimum Gasteiger partial charge on any atom is -0.393 e. The summed E-state index contributed by atoms with van der Waals surface area (Å²) in [6.45, 7) is 1.87. The fourth-order valence-corrected chi connectivity index (χ4v) is 2.18. The highest BCUT2D eigenvalue weighted by atomic mass is 16.3. The van der Waals surface area contributed by atoms with Gasteiger partial charge in [-0.1, -0.05) is 18.2 Å². The summed E-state index contributed by atoms with van der Waals surface area (Å²) in [6, 6.07) is 0. The predicted molar refractivity (Wildman–Crippen MR) is 53.5 cm³/mol. The van der Waals surface area contributed by atoms with Crippen molar-refractivity contribution in [2.24, 2.45) is 22.7 Å². The summed E-state index contributed by atoms with van der Waals surface area (Å²) >= 11 is 0. The lowest BCUT2D eigenvalue weighted by molar-refractivity contribution is 0.0976. The van der Waals surface area contributed by atoms with E-state index >= 15 is 0 Å². The third-order valence-corrected chi connectivity index (χ3v) is 2.98. The van der Waals surface area contributed by atoms with Gasteiger partial charge in [-0.2, -0.15) is 0 Å². The number of nitrogens with zero attached hydrogens (tertiary/aromatic N) is 1. The Balaban J connectivity index is 2.21. The number of fused-ring (bicyclic) bond motifs is 1. The normalized spacial score (nSPS) is 38.8. The van der Waals surface area contributed by atoms with E-state index in [9.17, 15) is 5.11 Å². The van der Waals surface area contributed by atoms with Gasteiger partial charge in [-0.05, 0) is 19.3 Å². The molecule has 0 radical (unpaired) electrons. The molecule has 0 aromatic heterocycles. The molecule has 0 saturated carbocycles. The Morgan fingerprint density at radius 2 is 2.31 bits per heavy atom. The second kappa shape index (κ2) is 3.46. The lowest BCUT2D eigenvalue weighted by Gasteiger charge is -2.33. The van der Waals surface area contributed by atoms with Gasteiger partial charge in [0, 0.05) is 24.3 Å². The number of aliphatic hydroxyl groups excluding tert-OH is 1. The first-order chi connectivity index (χ1) is 6.29. The molecule has 70 valence electrons. The van der Waals surface area contributed by atoms with Gasteiger partial charge in [0.05, 0.1) is 6.10 Å². The van der Waals surface area contributed by atoms with Gasteiger partial charge in [0.2, 0.25) is 0 Å². The maximum absolute atomic E-state index is 9.60. The van der Waals surface area contributed by atoms with Crippen molar-refractivity contribution in [2.75, 3.05) is 0 Å². The van der Waals surface area contributed by atoms with Gasteiger partial charge in [-0.3, -0.25) is 4.99 Å². The van der Waals surface area contributed by atoms with Gasteiger partial charge in [-0.15, -0.1) is 0 Å². The zero-order valence-electron chi connectivity index (χ0n) is 7.80. The van der Waals surface area contributed by atoms with E-state index in [0.717, 1.165) is 6.42 Å². The molecule has 0 fully saturated rings. The Kier molecular flexibility index (Phi) is 2.32. The highest BCUT2D eigenvalue weighted by Gasteiger charge is 2.31. The lowest BCUT2D eigenvalue weighted by Crippen LogP contribution is -2.33. The van der Waals surface area contributed by atoms with Crippen LogP contribution in [-0.4, -0.2) is 17.4 Å². The lowest BCUT2D eigenvalue weighted by atomic mass is 9.73. The summed E-state index contributed by atoms with van der Waals surface area (Å²) in [5.74, 6) is 1.18. The largest absolute Gasteiger partial charge is 0.393 e. The Labute approximate surface area is 78.7 Å². The maximum Gasteiger partial charge on any atom is 0.0549 e. The molecule has 0 bridgehead atoms. The minimum absolute atomic E-state index is 0.240. The molecule has 13 heavy (non-hydrogen) atoms. The third kappa shape index (κ3) is 1.59. The van der Waals surface area contributed by atoms with Crippen LogP contribution in [0.5, 0.6) is 0 Å². The van der Waals surface area contributed by atoms with Crippen molar-refractivity contribution < 1.29 is 5.11 Å². The van der Waals surface area contributed by atoms with Gasteiger partial charge in [-0.25, -0.2) is 0 Å². The molecule has 2 rings (SSSR count). The van der Waals surface area contributed by atoms with Crippen LogP contribution in [0.3, 0.4) is 0 Å². The number of hydrogen-bond donors (Lipinski definition) is 1. The van der Waals surface area contributed by atoms with Crippen molar-refractivity contribution in [3.63, 3.8) is 0 Å². The van der Waals surface area contributed by atoms with E-state index in [-0.39, 0.29) is 6.10 Å². The third-order valence-electron chi connectivity index (χ3n) is 2.98. The molecule has 0 aromatic rings. The molecule has 0 amide bonds. The van der Waals surface area contributed by atoms with E-state index in [4.69, 9.17) is 0 Å². The number of aliphatic hydroxyl groups is 1. The van der Waals surface area contributed by atoms with E-state index in [1.807, 2.05) is 19.3 Å². The van der Waals surface area contributed by atoms with Crippen LogP contribution in [-0.2, 0) is 0 Å². The molecule has 4 atom stereocenters. The van der Waals surface area contributed by atoms with Crippen LogP contribution in [0.2, 0.25) is 0 Å². The molecule has 1 N–H and O–H groups in total. The molecule has 1 aliphatic heterocycles.